The second-order valence-electron chi connectivity index (χ2n) is 4.16. The second-order valence-corrected chi connectivity index (χ2v) is 7.70. The quantitative estimate of drug-likeness (QED) is 0.826. The van der Waals surface area contributed by atoms with Gasteiger partial charge in [0.05, 0.1) is 10.6 Å². The van der Waals surface area contributed by atoms with Crippen molar-refractivity contribution < 1.29 is 21.6 Å². The van der Waals surface area contributed by atoms with E-state index in [1.165, 1.54) is 4.31 Å². The lowest BCUT2D eigenvalue weighted by Gasteiger charge is -2.26. The molecule has 112 valence electrons. The van der Waals surface area contributed by atoms with Crippen LogP contribution in [0.4, 0.5) is 13.2 Å². The Morgan fingerprint density at radius 1 is 1.20 bits per heavy atom. The molecule has 0 amide bonds. The molecular formula is C11H11ClF3NO2S2. The van der Waals surface area contributed by atoms with Crippen LogP contribution >= 0.6 is 23.4 Å². The largest absolute Gasteiger partial charge is 0.416 e. The fraction of sp³-hybridized carbons (Fsp3) is 0.455. The molecule has 0 saturated carbocycles. The summed E-state index contributed by atoms with van der Waals surface area (Å²) in [6, 6.07) is 2.34. The summed E-state index contributed by atoms with van der Waals surface area (Å²) in [5.41, 5.74) is -1.02. The van der Waals surface area contributed by atoms with Crippen molar-refractivity contribution in [1.82, 2.24) is 4.31 Å². The zero-order chi connectivity index (χ0) is 15.0. The standard InChI is InChI=1S/C11H11ClF3NO2S2/c12-9-2-1-8(11(13,14)15)7-10(9)20(17,18)16-3-5-19-6-4-16/h1-2,7H,3-6H2. The lowest BCUT2D eigenvalue weighted by molar-refractivity contribution is -0.137. The van der Waals surface area contributed by atoms with Crippen molar-refractivity contribution in [3.8, 4) is 0 Å². The highest BCUT2D eigenvalue weighted by Gasteiger charge is 2.34. The van der Waals surface area contributed by atoms with E-state index in [1.807, 2.05) is 0 Å². The monoisotopic (exact) mass is 345 g/mol. The molecular weight excluding hydrogens is 335 g/mol. The van der Waals surface area contributed by atoms with E-state index in [0.717, 1.165) is 12.1 Å². The molecule has 2 rings (SSSR count). The van der Waals surface area contributed by atoms with E-state index in [9.17, 15) is 21.6 Å². The average Bonchev–Trinajstić information content (AvgIpc) is 2.38. The molecule has 0 bridgehead atoms. The number of hydrogen-bond acceptors (Lipinski definition) is 3. The molecule has 1 aliphatic heterocycles. The van der Waals surface area contributed by atoms with E-state index in [-0.39, 0.29) is 18.1 Å². The van der Waals surface area contributed by atoms with E-state index in [4.69, 9.17) is 11.6 Å². The van der Waals surface area contributed by atoms with Gasteiger partial charge in [-0.25, -0.2) is 8.42 Å². The maximum absolute atomic E-state index is 12.7. The molecule has 20 heavy (non-hydrogen) atoms. The molecule has 1 aromatic carbocycles. The third-order valence-corrected chi connectivity index (χ3v) is 6.17. The number of benzene rings is 1. The Bertz CT molecular complexity index is 598. The minimum absolute atomic E-state index is 0.198. The van der Waals surface area contributed by atoms with Crippen LogP contribution in [0.15, 0.2) is 23.1 Å². The summed E-state index contributed by atoms with van der Waals surface area (Å²) >= 11 is 7.37. The van der Waals surface area contributed by atoms with Crippen LogP contribution in [0.25, 0.3) is 0 Å². The molecule has 9 heteroatoms. The number of alkyl halides is 3. The number of hydrogen-bond donors (Lipinski definition) is 0. The van der Waals surface area contributed by atoms with Crippen LogP contribution in [-0.2, 0) is 16.2 Å². The van der Waals surface area contributed by atoms with Crippen LogP contribution < -0.4 is 0 Å². The number of nitrogens with zero attached hydrogens (tertiary/aromatic N) is 1. The average molecular weight is 346 g/mol. The first-order valence-corrected chi connectivity index (χ1v) is 8.65. The van der Waals surface area contributed by atoms with Gasteiger partial charge in [0.15, 0.2) is 0 Å². The lowest BCUT2D eigenvalue weighted by Crippen LogP contribution is -2.38. The zero-order valence-electron chi connectivity index (χ0n) is 10.2. The van der Waals surface area contributed by atoms with Crippen molar-refractivity contribution in [3.63, 3.8) is 0 Å². The maximum atomic E-state index is 12.7. The van der Waals surface area contributed by atoms with Crippen LogP contribution in [0, 0.1) is 0 Å². The van der Waals surface area contributed by atoms with Gasteiger partial charge in [-0.15, -0.1) is 0 Å². The molecule has 1 aliphatic rings. The predicted molar refractivity (Wildman–Crippen MR) is 72.5 cm³/mol. The Hall–Kier alpha value is -0.440. The number of thioether (sulfide) groups is 1. The molecule has 0 aliphatic carbocycles. The van der Waals surface area contributed by atoms with Crippen molar-refractivity contribution in [2.24, 2.45) is 0 Å². The fourth-order valence-corrected chi connectivity index (χ4v) is 4.88. The summed E-state index contributed by atoms with van der Waals surface area (Å²) in [5.74, 6) is 1.24. The Labute approximate surface area is 124 Å². The van der Waals surface area contributed by atoms with Crippen LogP contribution in [0.5, 0.6) is 0 Å². The number of halogens is 4. The molecule has 0 unspecified atom stereocenters. The van der Waals surface area contributed by atoms with Gasteiger partial charge < -0.3 is 0 Å². The Kier molecular flexibility index (Phi) is 4.58. The van der Waals surface area contributed by atoms with Gasteiger partial charge in [0.25, 0.3) is 0 Å². The first-order valence-electron chi connectivity index (χ1n) is 5.67. The molecule has 0 radical (unpaired) electrons. The van der Waals surface area contributed by atoms with Crippen molar-refractivity contribution >= 4 is 33.4 Å². The van der Waals surface area contributed by atoms with Gasteiger partial charge in [0.1, 0.15) is 4.90 Å². The van der Waals surface area contributed by atoms with Crippen LogP contribution in [0.1, 0.15) is 5.56 Å². The van der Waals surface area contributed by atoms with E-state index in [0.29, 0.717) is 17.6 Å². The molecule has 1 saturated heterocycles. The smallest absolute Gasteiger partial charge is 0.207 e. The van der Waals surface area contributed by atoms with Crippen molar-refractivity contribution in [2.45, 2.75) is 11.1 Å². The summed E-state index contributed by atoms with van der Waals surface area (Å²) in [6.45, 7) is 0.555. The Balaban J connectivity index is 2.45. The van der Waals surface area contributed by atoms with Gasteiger partial charge in [-0.2, -0.15) is 29.2 Å². The summed E-state index contributed by atoms with van der Waals surface area (Å²) in [6.07, 6.45) is -4.60. The van der Waals surface area contributed by atoms with Gasteiger partial charge in [-0.1, -0.05) is 11.6 Å². The normalized spacial score (nSPS) is 18.2. The summed E-state index contributed by atoms with van der Waals surface area (Å²) < 4.78 is 63.9. The molecule has 0 N–H and O–H groups in total. The van der Waals surface area contributed by atoms with Gasteiger partial charge in [0.2, 0.25) is 10.0 Å². The van der Waals surface area contributed by atoms with Gasteiger partial charge in [-0.3, -0.25) is 0 Å². The summed E-state index contributed by atoms with van der Waals surface area (Å²) in [5, 5.41) is -0.198. The van der Waals surface area contributed by atoms with Gasteiger partial charge >= 0.3 is 6.18 Å². The van der Waals surface area contributed by atoms with Crippen LogP contribution in [-0.4, -0.2) is 37.3 Å². The Morgan fingerprint density at radius 3 is 2.35 bits per heavy atom. The topological polar surface area (TPSA) is 37.4 Å². The second kappa shape index (κ2) is 5.75. The van der Waals surface area contributed by atoms with Crippen molar-refractivity contribution in [3.05, 3.63) is 28.8 Å². The van der Waals surface area contributed by atoms with E-state index >= 15 is 0 Å². The Morgan fingerprint density at radius 2 is 1.80 bits per heavy atom. The summed E-state index contributed by atoms with van der Waals surface area (Å²) in [7, 11) is -3.99. The summed E-state index contributed by atoms with van der Waals surface area (Å²) in [4.78, 5) is -0.485. The zero-order valence-corrected chi connectivity index (χ0v) is 12.5. The third-order valence-electron chi connectivity index (χ3n) is 2.85. The highest BCUT2D eigenvalue weighted by Crippen LogP contribution is 2.34. The third kappa shape index (κ3) is 3.24. The maximum Gasteiger partial charge on any atom is 0.416 e. The van der Waals surface area contributed by atoms with Gasteiger partial charge in [-0.05, 0) is 18.2 Å². The van der Waals surface area contributed by atoms with Crippen molar-refractivity contribution in [1.29, 1.82) is 0 Å². The first kappa shape index (κ1) is 15.9. The van der Waals surface area contributed by atoms with Crippen LogP contribution in [0.3, 0.4) is 0 Å². The van der Waals surface area contributed by atoms with E-state index in [2.05, 4.69) is 0 Å². The van der Waals surface area contributed by atoms with E-state index < -0.39 is 26.7 Å². The molecule has 1 fully saturated rings. The minimum atomic E-state index is -4.60. The molecule has 3 nitrogen and oxygen atoms in total. The van der Waals surface area contributed by atoms with Crippen molar-refractivity contribution in [2.75, 3.05) is 24.6 Å². The number of rotatable bonds is 2. The SMILES string of the molecule is O=S(=O)(c1cc(C(F)(F)F)ccc1Cl)N1CCSCC1. The predicted octanol–water partition coefficient (Wildman–Crippen LogP) is 3.10. The van der Waals surface area contributed by atoms with Gasteiger partial charge in [0, 0.05) is 24.6 Å². The molecule has 0 aromatic heterocycles. The molecule has 0 spiro atoms. The molecule has 0 atom stereocenters. The van der Waals surface area contributed by atoms with Crippen LogP contribution in [0.2, 0.25) is 5.02 Å². The highest BCUT2D eigenvalue weighted by atomic mass is 35.5. The number of sulfonamides is 1. The fourth-order valence-electron chi connectivity index (χ4n) is 1.80. The first-order chi connectivity index (χ1) is 9.23. The van der Waals surface area contributed by atoms with E-state index in [1.54, 1.807) is 11.8 Å². The molecule has 1 heterocycles. The highest BCUT2D eigenvalue weighted by molar-refractivity contribution is 7.99. The minimum Gasteiger partial charge on any atom is -0.207 e. The molecule has 1 aromatic rings. The lowest BCUT2D eigenvalue weighted by atomic mass is 10.2.